The molecule has 0 aliphatic rings. The van der Waals surface area contributed by atoms with Gasteiger partial charge in [0.1, 0.15) is 22.8 Å². The minimum atomic E-state index is -5.02. The third-order valence-electron chi connectivity index (χ3n) is 5.84. The second-order valence-electron chi connectivity index (χ2n) is 8.65. The van der Waals surface area contributed by atoms with Gasteiger partial charge in [-0.15, -0.1) is 0 Å². The summed E-state index contributed by atoms with van der Waals surface area (Å²) in [5, 5.41) is 4.08. The van der Waals surface area contributed by atoms with Crippen molar-refractivity contribution in [2.75, 3.05) is 18.5 Å². The summed E-state index contributed by atoms with van der Waals surface area (Å²) in [4.78, 5) is 25.4. The molecule has 5 rings (SSSR count). The van der Waals surface area contributed by atoms with Gasteiger partial charge < -0.3 is 23.9 Å². The maximum absolute atomic E-state index is 13.9. The van der Waals surface area contributed by atoms with Crippen molar-refractivity contribution in [3.05, 3.63) is 101 Å². The quantitative estimate of drug-likeness (QED) is 0.221. The van der Waals surface area contributed by atoms with Crippen LogP contribution in [-0.4, -0.2) is 19.1 Å². The van der Waals surface area contributed by atoms with Gasteiger partial charge in [-0.25, -0.2) is 0 Å². The molecule has 1 heterocycles. The Morgan fingerprint density at radius 2 is 1.55 bits per heavy atom. The molecule has 0 spiro atoms. The summed E-state index contributed by atoms with van der Waals surface area (Å²) in [7, 11) is 0. The molecule has 1 aromatic heterocycles. The van der Waals surface area contributed by atoms with Gasteiger partial charge in [0.25, 0.3) is 11.7 Å². The van der Waals surface area contributed by atoms with Crippen LogP contribution in [0.15, 0.2) is 94.1 Å². The van der Waals surface area contributed by atoms with Crippen LogP contribution in [0.2, 0.25) is 0 Å². The summed E-state index contributed by atoms with van der Waals surface area (Å²) in [6.45, 7) is 1.93. The van der Waals surface area contributed by atoms with Crippen LogP contribution in [-0.2, 0) is 11.0 Å². The number of benzene rings is 4. The fraction of sp³-hybridized carbons (Fsp3) is 0.133. The first kappa shape index (κ1) is 26.6. The lowest BCUT2D eigenvalue weighted by molar-refractivity contribution is -0.154. The lowest BCUT2D eigenvalue weighted by Gasteiger charge is -2.14. The van der Waals surface area contributed by atoms with Crippen molar-refractivity contribution in [1.29, 1.82) is 0 Å². The van der Waals surface area contributed by atoms with E-state index >= 15 is 0 Å². The Morgan fingerprint density at radius 3 is 2.27 bits per heavy atom. The number of halogens is 3. The van der Waals surface area contributed by atoms with Gasteiger partial charge in [0.2, 0.25) is 11.2 Å². The van der Waals surface area contributed by atoms with Gasteiger partial charge in [-0.3, -0.25) is 9.59 Å². The molecule has 0 saturated heterocycles. The first-order valence-corrected chi connectivity index (χ1v) is 12.2. The molecule has 5 aromatic rings. The molecular formula is C30H22F3NO6. The summed E-state index contributed by atoms with van der Waals surface area (Å²) in [5.41, 5.74) is -0.857. The predicted molar refractivity (Wildman–Crippen MR) is 143 cm³/mol. The summed E-state index contributed by atoms with van der Waals surface area (Å²) >= 11 is 0. The molecule has 0 unspecified atom stereocenters. The van der Waals surface area contributed by atoms with E-state index in [9.17, 15) is 22.8 Å². The largest absolute Gasteiger partial charge is 0.494 e. The number of alkyl halides is 3. The van der Waals surface area contributed by atoms with Crippen LogP contribution in [0.1, 0.15) is 12.7 Å². The molecule has 0 aliphatic heterocycles. The second-order valence-corrected chi connectivity index (χ2v) is 8.65. The summed E-state index contributed by atoms with van der Waals surface area (Å²) < 4.78 is 63.2. The molecule has 0 radical (unpaired) electrons. The van der Waals surface area contributed by atoms with Gasteiger partial charge in [-0.2, -0.15) is 13.2 Å². The third-order valence-corrected chi connectivity index (χ3v) is 5.84. The number of hydrogen-bond donors (Lipinski definition) is 1. The SMILES string of the molecule is CCOc1ccc(NC(=O)COc2ccc3c(=O)c(Oc4ccc5ccccc5c4)c(C(F)(F)F)oc3c2)cc1. The van der Waals surface area contributed by atoms with E-state index in [0.29, 0.717) is 18.0 Å². The van der Waals surface area contributed by atoms with E-state index < -0.39 is 35.6 Å². The first-order chi connectivity index (χ1) is 19.2. The van der Waals surface area contributed by atoms with E-state index in [1.807, 2.05) is 19.1 Å². The Balaban J connectivity index is 1.37. The van der Waals surface area contributed by atoms with Gasteiger partial charge in [0, 0.05) is 11.8 Å². The van der Waals surface area contributed by atoms with Crippen molar-refractivity contribution in [3.8, 4) is 23.0 Å². The molecule has 0 aliphatic carbocycles. The number of anilines is 1. The van der Waals surface area contributed by atoms with Gasteiger partial charge in [0.15, 0.2) is 6.61 Å². The highest BCUT2D eigenvalue weighted by atomic mass is 19.4. The van der Waals surface area contributed by atoms with Crippen molar-refractivity contribution in [1.82, 2.24) is 0 Å². The molecule has 0 atom stereocenters. The van der Waals surface area contributed by atoms with E-state index in [4.69, 9.17) is 18.6 Å². The van der Waals surface area contributed by atoms with E-state index in [2.05, 4.69) is 5.32 Å². The minimum Gasteiger partial charge on any atom is -0.494 e. The minimum absolute atomic E-state index is 0.0359. The van der Waals surface area contributed by atoms with Crippen molar-refractivity contribution in [2.24, 2.45) is 0 Å². The van der Waals surface area contributed by atoms with E-state index in [-0.39, 0.29) is 22.5 Å². The van der Waals surface area contributed by atoms with Gasteiger partial charge in [-0.05, 0) is 66.2 Å². The lowest BCUT2D eigenvalue weighted by atomic mass is 10.1. The van der Waals surface area contributed by atoms with Crippen LogP contribution < -0.4 is 25.0 Å². The molecule has 204 valence electrons. The smallest absolute Gasteiger partial charge is 0.453 e. The number of carbonyl (C=O) groups is 1. The summed E-state index contributed by atoms with van der Waals surface area (Å²) in [5.74, 6) is -2.32. The fourth-order valence-corrected chi connectivity index (χ4v) is 4.02. The zero-order chi connectivity index (χ0) is 28.3. The number of rotatable bonds is 8. The molecule has 0 bridgehead atoms. The highest BCUT2D eigenvalue weighted by Crippen LogP contribution is 2.39. The van der Waals surface area contributed by atoms with Crippen molar-refractivity contribution >= 4 is 33.3 Å². The molecule has 10 heteroatoms. The van der Waals surface area contributed by atoms with Crippen molar-refractivity contribution < 1.29 is 36.6 Å². The number of amides is 1. The zero-order valence-corrected chi connectivity index (χ0v) is 21.1. The third kappa shape index (κ3) is 5.85. The van der Waals surface area contributed by atoms with Gasteiger partial charge in [-0.1, -0.05) is 30.3 Å². The Labute approximate surface area is 225 Å². The van der Waals surface area contributed by atoms with Crippen LogP contribution in [0.5, 0.6) is 23.0 Å². The van der Waals surface area contributed by atoms with E-state index in [0.717, 1.165) is 16.8 Å². The van der Waals surface area contributed by atoms with E-state index in [1.54, 1.807) is 42.5 Å². The standard InChI is InChI=1S/C30H22F3NO6/c1-2-37-21-11-8-20(9-12-21)34-26(35)17-38-22-13-14-24-25(16-22)40-29(30(31,32)33)28(27(24)36)39-23-10-7-18-5-3-4-6-19(18)15-23/h3-16H,2,17H2,1H3,(H,34,35). The Hall–Kier alpha value is -4.99. The van der Waals surface area contributed by atoms with Crippen LogP contribution in [0.25, 0.3) is 21.7 Å². The highest BCUT2D eigenvalue weighted by Gasteiger charge is 2.40. The second kappa shape index (κ2) is 11.0. The highest BCUT2D eigenvalue weighted by molar-refractivity contribution is 5.92. The molecule has 1 amide bonds. The molecule has 0 saturated carbocycles. The number of fused-ring (bicyclic) bond motifs is 2. The maximum atomic E-state index is 13.9. The van der Waals surface area contributed by atoms with E-state index in [1.165, 1.54) is 24.3 Å². The van der Waals surface area contributed by atoms with Crippen LogP contribution in [0.3, 0.4) is 0 Å². The number of ether oxygens (including phenoxy) is 3. The average Bonchev–Trinajstić information content (AvgIpc) is 2.94. The van der Waals surface area contributed by atoms with Crippen LogP contribution >= 0.6 is 0 Å². The topological polar surface area (TPSA) is 87.0 Å². The first-order valence-electron chi connectivity index (χ1n) is 12.2. The number of nitrogens with one attached hydrogen (secondary N) is 1. The van der Waals surface area contributed by atoms with Crippen LogP contribution in [0, 0.1) is 0 Å². The van der Waals surface area contributed by atoms with Gasteiger partial charge in [0.05, 0.1) is 12.0 Å². The summed E-state index contributed by atoms with van der Waals surface area (Å²) in [6.07, 6.45) is -5.02. The van der Waals surface area contributed by atoms with Crippen molar-refractivity contribution in [2.45, 2.75) is 13.1 Å². The average molecular weight is 550 g/mol. The molecular weight excluding hydrogens is 527 g/mol. The maximum Gasteiger partial charge on any atom is 0.453 e. The number of carbonyl (C=O) groups excluding carboxylic acids is 1. The van der Waals surface area contributed by atoms with Crippen molar-refractivity contribution in [3.63, 3.8) is 0 Å². The monoisotopic (exact) mass is 549 g/mol. The Kier molecular flexibility index (Phi) is 7.33. The molecule has 0 fully saturated rings. The Bertz CT molecular complexity index is 1750. The van der Waals surface area contributed by atoms with Gasteiger partial charge >= 0.3 is 6.18 Å². The fourth-order valence-electron chi connectivity index (χ4n) is 4.02. The number of hydrogen-bond acceptors (Lipinski definition) is 6. The zero-order valence-electron chi connectivity index (χ0n) is 21.1. The lowest BCUT2D eigenvalue weighted by Crippen LogP contribution is -2.20. The van der Waals surface area contributed by atoms with Crippen LogP contribution in [0.4, 0.5) is 18.9 Å². The predicted octanol–water partition coefficient (Wildman–Crippen LogP) is 7.17. The Morgan fingerprint density at radius 1 is 0.850 bits per heavy atom. The molecule has 1 N–H and O–H groups in total. The molecule has 40 heavy (non-hydrogen) atoms. The molecule has 4 aromatic carbocycles. The normalized spacial score (nSPS) is 11.4. The molecule has 7 nitrogen and oxygen atoms in total. The summed E-state index contributed by atoms with van der Waals surface area (Å²) in [6, 6.07) is 22.4.